The van der Waals surface area contributed by atoms with Crippen LogP contribution in [0.2, 0.25) is 0 Å². The van der Waals surface area contributed by atoms with E-state index < -0.39 is 0 Å². The Morgan fingerprint density at radius 2 is 1.86 bits per heavy atom. The SMILES string of the molecule is CCC(c1nnnn1C(C)(C)CC)N(CCc1ccccc1)Cc1cc2cccc(C)c2[nH]c1=O. The van der Waals surface area contributed by atoms with Gasteiger partial charge >= 0.3 is 0 Å². The largest absolute Gasteiger partial charge is 0.321 e. The molecule has 0 bridgehead atoms. The molecule has 2 aromatic heterocycles. The van der Waals surface area contributed by atoms with Gasteiger partial charge in [0.1, 0.15) is 0 Å². The van der Waals surface area contributed by atoms with Crippen molar-refractivity contribution in [2.45, 2.75) is 72.0 Å². The molecule has 0 saturated heterocycles. The Bertz CT molecular complexity index is 1320. The number of fused-ring (bicyclic) bond motifs is 1. The molecule has 35 heavy (non-hydrogen) atoms. The molecule has 1 unspecified atom stereocenters. The summed E-state index contributed by atoms with van der Waals surface area (Å²) < 4.78 is 1.96. The Morgan fingerprint density at radius 3 is 2.57 bits per heavy atom. The molecule has 1 atom stereocenters. The molecule has 0 saturated carbocycles. The Morgan fingerprint density at radius 1 is 1.09 bits per heavy atom. The van der Waals surface area contributed by atoms with Crippen molar-refractivity contribution in [3.63, 3.8) is 0 Å². The molecule has 0 spiro atoms. The first-order valence-corrected chi connectivity index (χ1v) is 12.5. The van der Waals surface area contributed by atoms with E-state index in [9.17, 15) is 4.79 Å². The maximum absolute atomic E-state index is 13.1. The van der Waals surface area contributed by atoms with Crippen LogP contribution in [0.5, 0.6) is 0 Å². The van der Waals surface area contributed by atoms with Gasteiger partial charge in [-0.3, -0.25) is 9.69 Å². The summed E-state index contributed by atoms with van der Waals surface area (Å²) in [4.78, 5) is 18.6. The van der Waals surface area contributed by atoms with E-state index in [4.69, 9.17) is 0 Å². The van der Waals surface area contributed by atoms with Crippen molar-refractivity contribution in [3.05, 3.63) is 87.5 Å². The highest BCUT2D eigenvalue weighted by Crippen LogP contribution is 2.29. The van der Waals surface area contributed by atoms with Crippen LogP contribution in [0.25, 0.3) is 10.9 Å². The molecule has 0 fully saturated rings. The van der Waals surface area contributed by atoms with E-state index >= 15 is 0 Å². The summed E-state index contributed by atoms with van der Waals surface area (Å²) in [6.07, 6.45) is 2.62. The van der Waals surface area contributed by atoms with Gasteiger partial charge in [0.05, 0.1) is 17.1 Å². The van der Waals surface area contributed by atoms with Crippen LogP contribution in [0.4, 0.5) is 0 Å². The summed E-state index contributed by atoms with van der Waals surface area (Å²) in [6.45, 7) is 11.9. The molecule has 0 aliphatic rings. The van der Waals surface area contributed by atoms with Crippen LogP contribution in [0.1, 0.15) is 69.1 Å². The van der Waals surface area contributed by atoms with Crippen LogP contribution in [0.3, 0.4) is 0 Å². The minimum absolute atomic E-state index is 0.0212. The molecular weight excluding hydrogens is 436 g/mol. The van der Waals surface area contributed by atoms with Crippen LogP contribution >= 0.6 is 0 Å². The molecule has 1 N–H and O–H groups in total. The molecule has 4 rings (SSSR count). The van der Waals surface area contributed by atoms with Gasteiger partial charge in [0.2, 0.25) is 0 Å². The third kappa shape index (κ3) is 5.35. The highest BCUT2D eigenvalue weighted by atomic mass is 16.1. The molecule has 0 aliphatic carbocycles. The predicted molar refractivity (Wildman–Crippen MR) is 140 cm³/mol. The van der Waals surface area contributed by atoms with Crippen LogP contribution in [0, 0.1) is 6.92 Å². The number of aromatic amines is 1. The van der Waals surface area contributed by atoms with Crippen LogP contribution in [-0.4, -0.2) is 36.6 Å². The van der Waals surface area contributed by atoms with Crippen molar-refractivity contribution in [1.82, 2.24) is 30.1 Å². The first-order chi connectivity index (χ1) is 16.8. The zero-order valence-corrected chi connectivity index (χ0v) is 21.5. The van der Waals surface area contributed by atoms with Crippen molar-refractivity contribution < 1.29 is 0 Å². The van der Waals surface area contributed by atoms with E-state index in [1.165, 1.54) is 5.56 Å². The van der Waals surface area contributed by atoms with Gasteiger partial charge in [0.15, 0.2) is 5.82 Å². The predicted octanol–water partition coefficient (Wildman–Crippen LogP) is 5.16. The second-order valence-corrected chi connectivity index (χ2v) is 9.91. The number of tetrazole rings is 1. The van der Waals surface area contributed by atoms with Gasteiger partial charge in [-0.25, -0.2) is 4.68 Å². The minimum Gasteiger partial charge on any atom is -0.321 e. The Hall–Kier alpha value is -3.32. The lowest BCUT2D eigenvalue weighted by Crippen LogP contribution is -2.37. The third-order valence-electron chi connectivity index (χ3n) is 7.13. The number of benzene rings is 2. The summed E-state index contributed by atoms with van der Waals surface area (Å²) in [7, 11) is 0. The number of H-pyrrole nitrogens is 1. The van der Waals surface area contributed by atoms with Gasteiger partial charge < -0.3 is 4.98 Å². The number of nitrogens with zero attached hydrogens (tertiary/aromatic N) is 5. The molecule has 0 aliphatic heterocycles. The summed E-state index contributed by atoms with van der Waals surface area (Å²) in [6, 6.07) is 18.6. The van der Waals surface area contributed by atoms with E-state index in [-0.39, 0.29) is 17.1 Å². The molecule has 7 heteroatoms. The van der Waals surface area contributed by atoms with E-state index in [0.717, 1.165) is 53.7 Å². The standard InChI is InChI=1S/C28H36N6O/c1-6-24(26-30-31-32-34(26)28(4,5)7-2)33(17-16-21-13-9-8-10-14-21)19-23-18-22-15-11-12-20(3)25(22)29-27(23)35/h8-15,18,24H,6-7,16-17,19H2,1-5H3,(H,29,35). The Labute approximate surface area is 207 Å². The van der Waals surface area contributed by atoms with Crippen molar-refractivity contribution >= 4 is 10.9 Å². The quantitative estimate of drug-likeness (QED) is 0.345. The second kappa shape index (κ2) is 10.5. The van der Waals surface area contributed by atoms with Crippen molar-refractivity contribution in [2.24, 2.45) is 0 Å². The number of rotatable bonds is 10. The molecule has 4 aromatic rings. The fourth-order valence-corrected chi connectivity index (χ4v) is 4.61. The normalized spacial score (nSPS) is 13.0. The lowest BCUT2D eigenvalue weighted by Gasteiger charge is -2.33. The minimum atomic E-state index is -0.199. The second-order valence-electron chi connectivity index (χ2n) is 9.91. The van der Waals surface area contributed by atoms with Crippen molar-refractivity contribution in [2.75, 3.05) is 6.54 Å². The topological polar surface area (TPSA) is 79.7 Å². The number of pyridine rings is 1. The zero-order valence-electron chi connectivity index (χ0n) is 21.5. The number of hydrogen-bond acceptors (Lipinski definition) is 5. The fraction of sp³-hybridized carbons (Fsp3) is 0.429. The lowest BCUT2D eigenvalue weighted by atomic mass is 10.0. The van der Waals surface area contributed by atoms with Gasteiger partial charge in [-0.15, -0.1) is 5.10 Å². The monoisotopic (exact) mass is 472 g/mol. The molecule has 0 radical (unpaired) electrons. The average molecular weight is 473 g/mol. The van der Waals surface area contributed by atoms with Gasteiger partial charge in [0, 0.05) is 18.7 Å². The number of hydrogen-bond donors (Lipinski definition) is 1. The molecule has 7 nitrogen and oxygen atoms in total. The average Bonchev–Trinajstić information content (AvgIpc) is 3.35. The Kier molecular flexibility index (Phi) is 7.45. The highest BCUT2D eigenvalue weighted by molar-refractivity contribution is 5.81. The molecule has 184 valence electrons. The van der Waals surface area contributed by atoms with E-state index in [2.05, 4.69) is 83.4 Å². The molecular formula is C28H36N6O. The fourth-order valence-electron chi connectivity index (χ4n) is 4.61. The van der Waals surface area contributed by atoms with E-state index in [1.807, 2.05) is 35.9 Å². The lowest BCUT2D eigenvalue weighted by molar-refractivity contribution is 0.160. The van der Waals surface area contributed by atoms with Gasteiger partial charge in [-0.05, 0) is 73.0 Å². The first kappa shape index (κ1) is 24.8. The summed E-state index contributed by atoms with van der Waals surface area (Å²) >= 11 is 0. The molecule has 2 aromatic carbocycles. The molecule has 0 amide bonds. The summed E-state index contributed by atoms with van der Waals surface area (Å²) in [5, 5.41) is 13.9. The number of aryl methyl sites for hydroxylation is 1. The van der Waals surface area contributed by atoms with Gasteiger partial charge in [-0.2, -0.15) is 0 Å². The number of para-hydroxylation sites is 1. The summed E-state index contributed by atoms with van der Waals surface area (Å²) in [5.41, 5.74) is 3.75. The number of aromatic nitrogens is 5. The highest BCUT2D eigenvalue weighted by Gasteiger charge is 2.31. The van der Waals surface area contributed by atoms with Crippen LogP contribution in [-0.2, 0) is 18.5 Å². The number of nitrogens with one attached hydrogen (secondary N) is 1. The maximum Gasteiger partial charge on any atom is 0.252 e. The first-order valence-electron chi connectivity index (χ1n) is 12.5. The smallest absolute Gasteiger partial charge is 0.252 e. The third-order valence-corrected chi connectivity index (χ3v) is 7.13. The van der Waals surface area contributed by atoms with Crippen molar-refractivity contribution in [3.8, 4) is 0 Å². The molecule has 2 heterocycles. The van der Waals surface area contributed by atoms with Crippen molar-refractivity contribution in [1.29, 1.82) is 0 Å². The summed E-state index contributed by atoms with van der Waals surface area (Å²) in [5.74, 6) is 0.848. The maximum atomic E-state index is 13.1. The van der Waals surface area contributed by atoms with E-state index in [1.54, 1.807) is 0 Å². The van der Waals surface area contributed by atoms with Gasteiger partial charge in [0.25, 0.3) is 5.56 Å². The van der Waals surface area contributed by atoms with Crippen LogP contribution < -0.4 is 5.56 Å². The van der Waals surface area contributed by atoms with Gasteiger partial charge in [-0.1, -0.05) is 62.4 Å². The van der Waals surface area contributed by atoms with E-state index in [0.29, 0.717) is 6.54 Å². The zero-order chi connectivity index (χ0) is 25.0. The van der Waals surface area contributed by atoms with Crippen LogP contribution in [0.15, 0.2) is 59.4 Å². The Balaban J connectivity index is 1.73.